The fourth-order valence-electron chi connectivity index (χ4n) is 1.53. The van der Waals surface area contributed by atoms with Crippen molar-refractivity contribution in [3.05, 3.63) is 59.9 Å². The summed E-state index contributed by atoms with van der Waals surface area (Å²) in [6, 6.07) is 7.92. The normalized spacial score (nSPS) is 10.2. The highest BCUT2D eigenvalue weighted by Gasteiger charge is 2.06. The van der Waals surface area contributed by atoms with Gasteiger partial charge in [-0.15, -0.1) is 0 Å². The maximum atomic E-state index is 12.9. The number of hydrogen-bond donors (Lipinski definition) is 1. The first-order valence-electron chi connectivity index (χ1n) is 5.67. The van der Waals surface area contributed by atoms with E-state index in [0.717, 1.165) is 18.2 Å². The molecule has 0 radical (unpaired) electrons. The van der Waals surface area contributed by atoms with Crippen LogP contribution < -0.4 is 10.1 Å². The van der Waals surface area contributed by atoms with Crippen LogP contribution in [0.4, 0.5) is 18.9 Å². The lowest BCUT2D eigenvalue weighted by molar-refractivity contribution is -0.118. The van der Waals surface area contributed by atoms with Gasteiger partial charge in [0.2, 0.25) is 0 Å². The number of amides is 1. The average Bonchev–Trinajstić information content (AvgIpc) is 2.35. The fourth-order valence-corrected chi connectivity index (χ4v) is 1.53. The van der Waals surface area contributed by atoms with Crippen LogP contribution in [0.1, 0.15) is 0 Å². The van der Waals surface area contributed by atoms with Crippen LogP contribution in [0.25, 0.3) is 0 Å². The zero-order chi connectivity index (χ0) is 14.5. The van der Waals surface area contributed by atoms with Crippen LogP contribution in [0.5, 0.6) is 5.75 Å². The SMILES string of the molecule is O=C(COc1cccc(F)c1)Nc1cc(F)cc(F)c1. The summed E-state index contributed by atoms with van der Waals surface area (Å²) < 4.78 is 43.7. The first-order valence-corrected chi connectivity index (χ1v) is 5.67. The quantitative estimate of drug-likeness (QED) is 0.935. The minimum atomic E-state index is -0.800. The third-order valence-electron chi connectivity index (χ3n) is 2.31. The molecule has 2 aromatic rings. The summed E-state index contributed by atoms with van der Waals surface area (Å²) in [5.41, 5.74) is -0.0182. The molecule has 0 saturated heterocycles. The topological polar surface area (TPSA) is 38.3 Å². The summed E-state index contributed by atoms with van der Waals surface area (Å²) in [6.45, 7) is -0.401. The minimum absolute atomic E-state index is 0.0182. The Balaban J connectivity index is 1.92. The Morgan fingerprint density at radius 2 is 1.70 bits per heavy atom. The van der Waals surface area contributed by atoms with Crippen LogP contribution in [0.15, 0.2) is 42.5 Å². The van der Waals surface area contributed by atoms with Crippen molar-refractivity contribution in [2.45, 2.75) is 0 Å². The van der Waals surface area contributed by atoms with Crippen LogP contribution in [-0.4, -0.2) is 12.5 Å². The van der Waals surface area contributed by atoms with Crippen molar-refractivity contribution in [3.63, 3.8) is 0 Å². The van der Waals surface area contributed by atoms with E-state index in [1.54, 1.807) is 0 Å². The molecule has 3 nitrogen and oxygen atoms in total. The van der Waals surface area contributed by atoms with Gasteiger partial charge in [0, 0.05) is 17.8 Å². The van der Waals surface area contributed by atoms with Crippen molar-refractivity contribution >= 4 is 11.6 Å². The molecule has 104 valence electrons. The second-order valence-corrected chi connectivity index (χ2v) is 3.95. The number of ether oxygens (including phenoxy) is 1. The molecule has 0 atom stereocenters. The highest BCUT2D eigenvalue weighted by atomic mass is 19.1. The van der Waals surface area contributed by atoms with Crippen molar-refractivity contribution < 1.29 is 22.7 Å². The van der Waals surface area contributed by atoms with E-state index in [4.69, 9.17) is 4.74 Å². The highest BCUT2D eigenvalue weighted by Crippen LogP contribution is 2.14. The number of carbonyl (C=O) groups excluding carboxylic acids is 1. The molecule has 2 aromatic carbocycles. The second kappa shape index (κ2) is 6.10. The van der Waals surface area contributed by atoms with Gasteiger partial charge in [0.1, 0.15) is 23.2 Å². The molecule has 1 N–H and O–H groups in total. The first kappa shape index (κ1) is 13.9. The van der Waals surface area contributed by atoms with Gasteiger partial charge in [-0.1, -0.05) is 6.07 Å². The summed E-state index contributed by atoms with van der Waals surface area (Å²) in [7, 11) is 0. The van der Waals surface area contributed by atoms with E-state index in [2.05, 4.69) is 5.32 Å². The predicted octanol–water partition coefficient (Wildman–Crippen LogP) is 3.12. The summed E-state index contributed by atoms with van der Waals surface area (Å²) in [6.07, 6.45) is 0. The Morgan fingerprint density at radius 3 is 2.35 bits per heavy atom. The van der Waals surface area contributed by atoms with Gasteiger partial charge in [0.15, 0.2) is 6.61 Å². The van der Waals surface area contributed by atoms with E-state index >= 15 is 0 Å². The first-order chi connectivity index (χ1) is 9.52. The molecule has 0 spiro atoms. The Labute approximate surface area is 113 Å². The maximum absolute atomic E-state index is 12.9. The second-order valence-electron chi connectivity index (χ2n) is 3.95. The largest absolute Gasteiger partial charge is 0.484 e. The van der Waals surface area contributed by atoms with Gasteiger partial charge < -0.3 is 10.1 Å². The molecule has 0 bridgehead atoms. The van der Waals surface area contributed by atoms with Crippen molar-refractivity contribution in [2.75, 3.05) is 11.9 Å². The van der Waals surface area contributed by atoms with Crippen LogP contribution >= 0.6 is 0 Å². The zero-order valence-electron chi connectivity index (χ0n) is 10.2. The lowest BCUT2D eigenvalue weighted by Crippen LogP contribution is -2.20. The summed E-state index contributed by atoms with van der Waals surface area (Å²) in [4.78, 5) is 11.5. The maximum Gasteiger partial charge on any atom is 0.262 e. The van der Waals surface area contributed by atoms with Gasteiger partial charge in [-0.3, -0.25) is 4.79 Å². The van der Waals surface area contributed by atoms with E-state index in [-0.39, 0.29) is 11.4 Å². The Hall–Kier alpha value is -2.50. The lowest BCUT2D eigenvalue weighted by Gasteiger charge is -2.07. The highest BCUT2D eigenvalue weighted by molar-refractivity contribution is 5.91. The number of anilines is 1. The Morgan fingerprint density at radius 1 is 1.00 bits per heavy atom. The standard InChI is InChI=1S/C14H10F3NO2/c15-9-2-1-3-13(7-9)20-8-14(19)18-12-5-10(16)4-11(17)6-12/h1-7H,8H2,(H,18,19). The van der Waals surface area contributed by atoms with Crippen molar-refractivity contribution in [1.82, 2.24) is 0 Å². The van der Waals surface area contributed by atoms with E-state index in [1.807, 2.05) is 0 Å². The molecular weight excluding hydrogens is 271 g/mol. The summed E-state index contributed by atoms with van der Waals surface area (Å²) in [5, 5.41) is 2.27. The summed E-state index contributed by atoms with van der Waals surface area (Å²) >= 11 is 0. The Bertz CT molecular complexity index is 611. The molecule has 0 heterocycles. The molecular formula is C14H10F3NO2. The van der Waals surface area contributed by atoms with Crippen LogP contribution in [0.2, 0.25) is 0 Å². The van der Waals surface area contributed by atoms with Gasteiger partial charge in [-0.2, -0.15) is 0 Å². The van der Waals surface area contributed by atoms with E-state index < -0.39 is 30.0 Å². The molecule has 0 unspecified atom stereocenters. The molecule has 6 heteroatoms. The summed E-state index contributed by atoms with van der Waals surface area (Å²) in [5.74, 6) is -2.52. The molecule has 0 saturated carbocycles. The smallest absolute Gasteiger partial charge is 0.262 e. The number of hydrogen-bond acceptors (Lipinski definition) is 2. The van der Waals surface area contributed by atoms with Gasteiger partial charge in [-0.25, -0.2) is 13.2 Å². The van der Waals surface area contributed by atoms with Gasteiger partial charge in [0.25, 0.3) is 5.91 Å². The van der Waals surface area contributed by atoms with E-state index in [0.29, 0.717) is 6.07 Å². The van der Waals surface area contributed by atoms with Crippen LogP contribution in [-0.2, 0) is 4.79 Å². The van der Waals surface area contributed by atoms with Crippen LogP contribution in [0.3, 0.4) is 0 Å². The average molecular weight is 281 g/mol. The number of halogens is 3. The zero-order valence-corrected chi connectivity index (χ0v) is 10.2. The lowest BCUT2D eigenvalue weighted by atomic mass is 10.3. The number of carbonyl (C=O) groups is 1. The monoisotopic (exact) mass is 281 g/mol. The molecule has 1 amide bonds. The third kappa shape index (κ3) is 4.01. The third-order valence-corrected chi connectivity index (χ3v) is 2.31. The van der Waals surface area contributed by atoms with Crippen molar-refractivity contribution in [1.29, 1.82) is 0 Å². The van der Waals surface area contributed by atoms with Crippen molar-refractivity contribution in [2.24, 2.45) is 0 Å². The predicted molar refractivity (Wildman–Crippen MR) is 66.9 cm³/mol. The number of nitrogens with one attached hydrogen (secondary N) is 1. The van der Waals surface area contributed by atoms with Gasteiger partial charge >= 0.3 is 0 Å². The molecule has 0 aliphatic carbocycles. The van der Waals surface area contributed by atoms with E-state index in [1.165, 1.54) is 18.2 Å². The molecule has 0 fully saturated rings. The molecule has 0 aliphatic heterocycles. The van der Waals surface area contributed by atoms with E-state index in [9.17, 15) is 18.0 Å². The van der Waals surface area contributed by atoms with Crippen molar-refractivity contribution in [3.8, 4) is 5.75 Å². The number of rotatable bonds is 4. The minimum Gasteiger partial charge on any atom is -0.484 e. The fraction of sp³-hybridized carbons (Fsp3) is 0.0714. The molecule has 20 heavy (non-hydrogen) atoms. The number of benzene rings is 2. The van der Waals surface area contributed by atoms with Gasteiger partial charge in [0.05, 0.1) is 0 Å². The molecule has 0 aromatic heterocycles. The molecule has 2 rings (SSSR count). The molecule has 0 aliphatic rings. The van der Waals surface area contributed by atoms with Gasteiger partial charge in [-0.05, 0) is 24.3 Å². The van der Waals surface area contributed by atoms with Crippen LogP contribution in [0, 0.1) is 17.5 Å². The Kier molecular flexibility index (Phi) is 4.24.